The predicted molar refractivity (Wildman–Crippen MR) is 109 cm³/mol. The van der Waals surface area contributed by atoms with Gasteiger partial charge in [0.05, 0.1) is 0 Å². The molecule has 0 heterocycles. The van der Waals surface area contributed by atoms with Gasteiger partial charge in [0.2, 0.25) is 0 Å². The van der Waals surface area contributed by atoms with Crippen molar-refractivity contribution in [1.82, 2.24) is 0 Å². The molecule has 4 aromatic rings. The molecule has 0 aliphatic heterocycles. The van der Waals surface area contributed by atoms with E-state index in [4.69, 9.17) is 0 Å². The molecule has 25 heavy (non-hydrogen) atoms. The minimum atomic E-state index is 1.13. The lowest BCUT2D eigenvalue weighted by Crippen LogP contribution is -1.97. The fourth-order valence-corrected chi connectivity index (χ4v) is 4.44. The zero-order valence-corrected chi connectivity index (χ0v) is 15.1. The van der Waals surface area contributed by atoms with E-state index in [2.05, 4.69) is 107 Å². The number of rotatable bonds is 0. The summed E-state index contributed by atoms with van der Waals surface area (Å²) < 4.78 is 1.13. The van der Waals surface area contributed by atoms with E-state index >= 15 is 0 Å². The van der Waals surface area contributed by atoms with Crippen LogP contribution in [0.5, 0.6) is 0 Å². The molecule has 1 heteroatoms. The third-order valence-corrected chi connectivity index (χ3v) is 5.60. The molecule has 0 spiro atoms. The van der Waals surface area contributed by atoms with E-state index in [0.29, 0.717) is 0 Å². The summed E-state index contributed by atoms with van der Waals surface area (Å²) in [6.45, 7) is 0. The van der Waals surface area contributed by atoms with E-state index in [9.17, 15) is 0 Å². The fourth-order valence-electron chi connectivity index (χ4n) is 3.86. The quantitative estimate of drug-likeness (QED) is 0.261. The maximum atomic E-state index is 3.80. The number of fused-ring (bicyclic) bond motifs is 8. The number of hydrogen-bond acceptors (Lipinski definition) is 0. The van der Waals surface area contributed by atoms with Crippen molar-refractivity contribution < 1.29 is 0 Å². The van der Waals surface area contributed by atoms with Crippen molar-refractivity contribution in [3.63, 3.8) is 0 Å². The Morgan fingerprint density at radius 2 is 0.720 bits per heavy atom. The number of hydrogen-bond donors (Lipinski definition) is 0. The van der Waals surface area contributed by atoms with Crippen molar-refractivity contribution in [3.8, 4) is 44.5 Å². The van der Waals surface area contributed by atoms with Gasteiger partial charge in [-0.1, -0.05) is 101 Å². The highest BCUT2D eigenvalue weighted by molar-refractivity contribution is 9.10. The molecule has 118 valence electrons. The van der Waals surface area contributed by atoms with Crippen LogP contribution in [0.3, 0.4) is 0 Å². The first-order valence-corrected chi connectivity index (χ1v) is 9.21. The van der Waals surface area contributed by atoms with Gasteiger partial charge >= 0.3 is 0 Å². The summed E-state index contributed by atoms with van der Waals surface area (Å²) in [7, 11) is 0. The molecule has 1 aliphatic rings. The van der Waals surface area contributed by atoms with Crippen LogP contribution in [-0.4, -0.2) is 0 Å². The second-order valence-corrected chi connectivity index (χ2v) is 7.15. The topological polar surface area (TPSA) is 0 Å². The Bertz CT molecular complexity index is 1100. The molecular formula is C24H15Br. The first-order chi connectivity index (χ1) is 12.3. The standard InChI is InChI=1S/C24H15Br/c25-23-15-7-14-22-20-11-4-3-10-18(20)16-8-1-2-9-17(16)19-12-5-6-13-21(19)24(22)23/h1-15H. The van der Waals surface area contributed by atoms with Gasteiger partial charge in [0.1, 0.15) is 0 Å². The van der Waals surface area contributed by atoms with Gasteiger partial charge in [-0.2, -0.15) is 0 Å². The van der Waals surface area contributed by atoms with Gasteiger partial charge in [0.25, 0.3) is 0 Å². The molecular weight excluding hydrogens is 368 g/mol. The lowest BCUT2D eigenvalue weighted by Gasteiger charge is -2.23. The lowest BCUT2D eigenvalue weighted by molar-refractivity contribution is 1.51. The summed E-state index contributed by atoms with van der Waals surface area (Å²) in [6.07, 6.45) is 0. The van der Waals surface area contributed by atoms with E-state index in [-0.39, 0.29) is 0 Å². The van der Waals surface area contributed by atoms with Crippen molar-refractivity contribution in [3.05, 3.63) is 95.5 Å². The van der Waals surface area contributed by atoms with Crippen molar-refractivity contribution in [2.24, 2.45) is 0 Å². The van der Waals surface area contributed by atoms with Crippen LogP contribution in [-0.2, 0) is 0 Å². The molecule has 0 radical (unpaired) electrons. The number of benzene rings is 4. The second-order valence-electron chi connectivity index (χ2n) is 6.30. The third kappa shape index (κ3) is 2.20. The molecule has 0 unspecified atom stereocenters. The zero-order valence-electron chi connectivity index (χ0n) is 13.5. The first kappa shape index (κ1) is 14.7. The van der Waals surface area contributed by atoms with Crippen molar-refractivity contribution in [1.29, 1.82) is 0 Å². The van der Waals surface area contributed by atoms with Crippen LogP contribution in [0.25, 0.3) is 44.5 Å². The molecule has 0 bridgehead atoms. The van der Waals surface area contributed by atoms with Crippen LogP contribution in [0.1, 0.15) is 0 Å². The Morgan fingerprint density at radius 1 is 0.360 bits per heavy atom. The molecule has 0 atom stereocenters. The monoisotopic (exact) mass is 382 g/mol. The Kier molecular flexibility index (Phi) is 3.36. The highest BCUT2D eigenvalue weighted by Gasteiger charge is 2.22. The molecule has 0 aromatic heterocycles. The van der Waals surface area contributed by atoms with Gasteiger partial charge in [0.15, 0.2) is 0 Å². The fraction of sp³-hybridized carbons (Fsp3) is 0. The van der Waals surface area contributed by atoms with Crippen LogP contribution in [0.15, 0.2) is 95.5 Å². The van der Waals surface area contributed by atoms with Crippen LogP contribution in [0.4, 0.5) is 0 Å². The lowest BCUT2D eigenvalue weighted by atomic mass is 9.81. The summed E-state index contributed by atoms with van der Waals surface area (Å²) in [5.74, 6) is 0. The van der Waals surface area contributed by atoms with Crippen LogP contribution in [0, 0.1) is 0 Å². The third-order valence-electron chi connectivity index (χ3n) is 4.93. The van der Waals surface area contributed by atoms with Crippen molar-refractivity contribution >= 4 is 15.9 Å². The van der Waals surface area contributed by atoms with Gasteiger partial charge < -0.3 is 0 Å². The molecule has 1 aliphatic carbocycles. The summed E-state index contributed by atoms with van der Waals surface area (Å²) in [5, 5.41) is 0. The maximum absolute atomic E-state index is 3.80. The van der Waals surface area contributed by atoms with Crippen molar-refractivity contribution in [2.45, 2.75) is 0 Å². The Morgan fingerprint density at radius 3 is 1.24 bits per heavy atom. The summed E-state index contributed by atoms with van der Waals surface area (Å²) in [5.41, 5.74) is 10.2. The predicted octanol–water partition coefficient (Wildman–Crippen LogP) is 7.43. The molecule has 0 nitrogen and oxygen atoms in total. The zero-order chi connectivity index (χ0) is 16.8. The molecule has 0 fully saturated rings. The minimum absolute atomic E-state index is 1.13. The molecule has 5 rings (SSSR count). The molecule has 0 amide bonds. The van der Waals surface area contributed by atoms with E-state index in [1.165, 1.54) is 44.5 Å². The normalized spacial score (nSPS) is 11.4. The number of halogens is 1. The van der Waals surface area contributed by atoms with Crippen LogP contribution in [0.2, 0.25) is 0 Å². The Hall–Kier alpha value is -2.64. The van der Waals surface area contributed by atoms with Gasteiger partial charge in [0, 0.05) is 10.0 Å². The largest absolute Gasteiger partial charge is 0.0616 e. The highest BCUT2D eigenvalue weighted by atomic mass is 79.9. The molecule has 0 saturated heterocycles. The van der Waals surface area contributed by atoms with Crippen molar-refractivity contribution in [2.75, 3.05) is 0 Å². The van der Waals surface area contributed by atoms with E-state index in [1.807, 2.05) is 0 Å². The Labute approximate surface area is 155 Å². The summed E-state index contributed by atoms with van der Waals surface area (Å²) in [6, 6.07) is 32.6. The van der Waals surface area contributed by atoms with E-state index < -0.39 is 0 Å². The SMILES string of the molecule is Brc1cccc2c1-c1ccccc1-c1ccccc1-c1ccccc1-2. The average Bonchev–Trinajstić information content (AvgIpc) is 2.67. The van der Waals surface area contributed by atoms with Gasteiger partial charge in [-0.3, -0.25) is 0 Å². The summed E-state index contributed by atoms with van der Waals surface area (Å²) >= 11 is 3.80. The minimum Gasteiger partial charge on any atom is -0.0616 e. The van der Waals surface area contributed by atoms with Gasteiger partial charge in [-0.05, 0) is 45.0 Å². The van der Waals surface area contributed by atoms with Crippen LogP contribution < -0.4 is 0 Å². The molecule has 0 saturated carbocycles. The van der Waals surface area contributed by atoms with Crippen LogP contribution >= 0.6 is 15.9 Å². The first-order valence-electron chi connectivity index (χ1n) is 8.42. The Balaban J connectivity index is 2.03. The summed E-state index contributed by atoms with van der Waals surface area (Å²) in [4.78, 5) is 0. The average molecular weight is 383 g/mol. The highest BCUT2D eigenvalue weighted by Crippen LogP contribution is 2.49. The molecule has 0 N–H and O–H groups in total. The maximum Gasteiger partial charge on any atom is 0.0260 e. The van der Waals surface area contributed by atoms with E-state index in [1.54, 1.807) is 0 Å². The van der Waals surface area contributed by atoms with E-state index in [0.717, 1.165) is 4.47 Å². The smallest absolute Gasteiger partial charge is 0.0260 e. The second kappa shape index (κ2) is 5.72. The molecule has 4 aromatic carbocycles. The van der Waals surface area contributed by atoms with Gasteiger partial charge in [-0.25, -0.2) is 0 Å². The van der Waals surface area contributed by atoms with Gasteiger partial charge in [-0.15, -0.1) is 0 Å².